The second-order valence-corrected chi connectivity index (χ2v) is 11.8. The first-order valence-electron chi connectivity index (χ1n) is 9.90. The highest BCUT2D eigenvalue weighted by atomic mass is 32.2. The highest BCUT2D eigenvalue weighted by Crippen LogP contribution is 2.52. The Bertz CT molecular complexity index is 922. The molecule has 0 heterocycles. The summed E-state index contributed by atoms with van der Waals surface area (Å²) in [5.74, 6) is -0.680. The third-order valence-corrected chi connectivity index (χ3v) is 7.94. The largest absolute Gasteiger partial charge is 0.350 e. The number of urea groups is 1. The average molecular weight is 478 g/mol. The molecule has 0 aromatic heterocycles. The molecule has 12 heteroatoms. The molecule has 1 rings (SSSR count). The fraction of sp³-hybridized carbons (Fsp3) is 0.579. The molecule has 176 valence electrons. The lowest BCUT2D eigenvalue weighted by Gasteiger charge is -2.35. The second-order valence-electron chi connectivity index (χ2n) is 7.85. The van der Waals surface area contributed by atoms with E-state index in [4.69, 9.17) is 0 Å². The van der Waals surface area contributed by atoms with Crippen LogP contribution in [0.2, 0.25) is 0 Å². The van der Waals surface area contributed by atoms with Crippen LogP contribution < -0.4 is 16.0 Å². The molecule has 0 aliphatic rings. The lowest BCUT2D eigenvalue weighted by atomic mass is 10.0. The molecule has 1 aromatic rings. The van der Waals surface area contributed by atoms with Gasteiger partial charge in [0.25, 0.3) is 0 Å². The molecular weight excluding hydrogens is 445 g/mol. The summed E-state index contributed by atoms with van der Waals surface area (Å²) in [5.41, 5.74) is 0.320. The maximum atomic E-state index is 12.8. The minimum absolute atomic E-state index is 0.0119. The van der Waals surface area contributed by atoms with E-state index >= 15 is 0 Å². The van der Waals surface area contributed by atoms with Crippen molar-refractivity contribution in [2.24, 2.45) is 5.92 Å². The highest BCUT2D eigenvalue weighted by Gasteiger charge is 2.46. The molecule has 0 aliphatic heterocycles. The van der Waals surface area contributed by atoms with Gasteiger partial charge in [-0.3, -0.25) is 9.36 Å². The summed E-state index contributed by atoms with van der Waals surface area (Å²) in [6.45, 7) is 6.83. The van der Waals surface area contributed by atoms with Crippen LogP contribution in [0.4, 0.5) is 10.5 Å². The molecule has 1 atom stereocenters. The van der Waals surface area contributed by atoms with Gasteiger partial charge in [-0.05, 0) is 49.4 Å². The molecule has 0 spiro atoms. The van der Waals surface area contributed by atoms with Gasteiger partial charge in [0.1, 0.15) is 11.3 Å². The fourth-order valence-electron chi connectivity index (χ4n) is 3.04. The van der Waals surface area contributed by atoms with Crippen molar-refractivity contribution in [1.29, 1.82) is 0 Å². The summed E-state index contributed by atoms with van der Waals surface area (Å²) in [5, 5.41) is 5.80. The summed E-state index contributed by atoms with van der Waals surface area (Å²) in [7, 11) is -8.02. The van der Waals surface area contributed by atoms with Gasteiger partial charge in [-0.2, -0.15) is 0 Å². The van der Waals surface area contributed by atoms with Crippen molar-refractivity contribution in [3.63, 3.8) is 0 Å². The zero-order chi connectivity index (χ0) is 24.0. The molecule has 1 aromatic carbocycles. The molecule has 0 saturated carbocycles. The number of nitrogens with one attached hydrogen (secondary N) is 3. The zero-order valence-corrected chi connectivity index (χ0v) is 20.1. The maximum absolute atomic E-state index is 12.8. The Morgan fingerprint density at radius 3 is 2.00 bits per heavy atom. The monoisotopic (exact) mass is 477 g/mol. The van der Waals surface area contributed by atoms with Crippen LogP contribution in [0.25, 0.3) is 0 Å². The first kappa shape index (κ1) is 27.1. The smallest absolute Gasteiger partial charge is 0.338 e. The summed E-state index contributed by atoms with van der Waals surface area (Å²) in [4.78, 5) is 44.9. The van der Waals surface area contributed by atoms with Crippen LogP contribution in [-0.4, -0.2) is 47.7 Å². The molecule has 0 saturated heterocycles. The SMILES string of the molecule is CCC(CC)(NC(=O)[C@H](CC(C)C)NC(=O)Nc1ccc(S(C)(=O)=O)cc1)P(=O)(O)O. The van der Waals surface area contributed by atoms with Crippen molar-refractivity contribution < 1.29 is 32.4 Å². The topological polar surface area (TPSA) is 162 Å². The minimum atomic E-state index is -4.65. The molecule has 0 bridgehead atoms. The van der Waals surface area contributed by atoms with E-state index in [-0.39, 0.29) is 30.1 Å². The number of anilines is 1. The highest BCUT2D eigenvalue weighted by molar-refractivity contribution is 7.90. The first-order valence-corrected chi connectivity index (χ1v) is 13.4. The number of hydrogen-bond donors (Lipinski definition) is 5. The lowest BCUT2D eigenvalue weighted by molar-refractivity contribution is -0.124. The number of carbonyl (C=O) groups excluding carboxylic acids is 2. The quantitative estimate of drug-likeness (QED) is 0.323. The van der Waals surface area contributed by atoms with Gasteiger partial charge in [-0.25, -0.2) is 13.2 Å². The Kier molecular flexibility index (Phi) is 9.25. The van der Waals surface area contributed by atoms with E-state index in [1.54, 1.807) is 13.8 Å². The Balaban J connectivity index is 2.98. The van der Waals surface area contributed by atoms with E-state index in [9.17, 15) is 32.4 Å². The minimum Gasteiger partial charge on any atom is -0.338 e. The molecule has 0 unspecified atom stereocenters. The van der Waals surface area contributed by atoms with E-state index < -0.39 is 40.7 Å². The number of amides is 3. The van der Waals surface area contributed by atoms with Gasteiger partial charge in [-0.15, -0.1) is 0 Å². The number of hydrogen-bond acceptors (Lipinski definition) is 5. The van der Waals surface area contributed by atoms with E-state index in [0.29, 0.717) is 5.69 Å². The number of sulfone groups is 1. The first-order chi connectivity index (χ1) is 14.1. The van der Waals surface area contributed by atoms with Crippen LogP contribution >= 0.6 is 7.60 Å². The van der Waals surface area contributed by atoms with Crippen LogP contribution in [0, 0.1) is 5.92 Å². The molecule has 0 aliphatic carbocycles. The van der Waals surface area contributed by atoms with Crippen LogP contribution in [0.3, 0.4) is 0 Å². The molecule has 0 radical (unpaired) electrons. The van der Waals surface area contributed by atoms with Crippen molar-refractivity contribution in [3.05, 3.63) is 24.3 Å². The van der Waals surface area contributed by atoms with E-state index in [2.05, 4.69) is 16.0 Å². The van der Waals surface area contributed by atoms with E-state index in [0.717, 1.165) is 6.26 Å². The van der Waals surface area contributed by atoms with Crippen molar-refractivity contribution >= 4 is 35.1 Å². The standard InChI is InChI=1S/C19H32N3O7PS/c1-6-19(7-2,30(25,26)27)22-17(23)16(12-13(3)4)21-18(24)20-14-8-10-15(11-9-14)31(5,28)29/h8-11,13,16H,6-7,12H2,1-5H3,(H,22,23)(H2,20,21,24)(H2,25,26,27)/t16-/m0/s1. The van der Waals surface area contributed by atoms with Crippen molar-refractivity contribution in [3.8, 4) is 0 Å². The van der Waals surface area contributed by atoms with E-state index in [1.807, 2.05) is 13.8 Å². The molecule has 0 fully saturated rings. The van der Waals surface area contributed by atoms with Crippen molar-refractivity contribution in [2.75, 3.05) is 11.6 Å². The zero-order valence-electron chi connectivity index (χ0n) is 18.4. The molecule has 10 nitrogen and oxygen atoms in total. The summed E-state index contributed by atoms with van der Waals surface area (Å²) >= 11 is 0. The predicted octanol–water partition coefficient (Wildman–Crippen LogP) is 2.44. The predicted molar refractivity (Wildman–Crippen MR) is 118 cm³/mol. The maximum Gasteiger partial charge on any atom is 0.350 e. The molecule has 5 N–H and O–H groups in total. The van der Waals surface area contributed by atoms with Gasteiger partial charge >= 0.3 is 13.6 Å². The van der Waals surface area contributed by atoms with Gasteiger partial charge in [0.15, 0.2) is 9.84 Å². The third-order valence-electron chi connectivity index (χ3n) is 4.95. The van der Waals surface area contributed by atoms with Gasteiger partial charge in [0.2, 0.25) is 5.91 Å². The summed E-state index contributed by atoms with van der Waals surface area (Å²) in [6.07, 6.45) is 1.36. The molecule has 3 amide bonds. The summed E-state index contributed by atoms with van der Waals surface area (Å²) < 4.78 is 35.0. The number of rotatable bonds is 10. The summed E-state index contributed by atoms with van der Waals surface area (Å²) in [6, 6.07) is 3.79. The Hall–Kier alpha value is -1.94. The lowest BCUT2D eigenvalue weighted by Crippen LogP contribution is -2.55. The van der Waals surface area contributed by atoms with Gasteiger partial charge in [-0.1, -0.05) is 27.7 Å². The third kappa shape index (κ3) is 7.60. The van der Waals surface area contributed by atoms with Crippen LogP contribution in [0.1, 0.15) is 47.0 Å². The van der Waals surface area contributed by atoms with Gasteiger partial charge in [0.05, 0.1) is 4.90 Å². The van der Waals surface area contributed by atoms with Crippen LogP contribution in [0.5, 0.6) is 0 Å². The van der Waals surface area contributed by atoms with Crippen molar-refractivity contribution in [2.45, 2.75) is 63.2 Å². The number of benzene rings is 1. The van der Waals surface area contributed by atoms with Crippen LogP contribution in [0.15, 0.2) is 29.2 Å². The molecular formula is C19H32N3O7PS. The Morgan fingerprint density at radius 2 is 1.61 bits per heavy atom. The van der Waals surface area contributed by atoms with Crippen molar-refractivity contribution in [1.82, 2.24) is 10.6 Å². The Morgan fingerprint density at radius 1 is 1.10 bits per heavy atom. The van der Waals surface area contributed by atoms with E-state index in [1.165, 1.54) is 24.3 Å². The van der Waals surface area contributed by atoms with Gasteiger partial charge < -0.3 is 25.7 Å². The molecule has 31 heavy (non-hydrogen) atoms. The Labute approximate surface area is 183 Å². The van der Waals surface area contributed by atoms with Gasteiger partial charge in [0, 0.05) is 11.9 Å². The number of carbonyl (C=O) groups is 2. The second kappa shape index (κ2) is 10.6. The normalized spacial score (nSPS) is 13.5. The fourth-order valence-corrected chi connectivity index (χ4v) is 4.75. The average Bonchev–Trinajstić information content (AvgIpc) is 2.63. The van der Waals surface area contributed by atoms with Crippen LogP contribution in [-0.2, 0) is 19.2 Å².